The van der Waals surface area contributed by atoms with Gasteiger partial charge in [-0.05, 0) is 104 Å². The van der Waals surface area contributed by atoms with E-state index < -0.39 is 0 Å². The van der Waals surface area contributed by atoms with Gasteiger partial charge in [-0.15, -0.1) is 0 Å². The normalized spacial score (nSPS) is 13.8. The van der Waals surface area contributed by atoms with Crippen LogP contribution in [0, 0.1) is 0 Å². The highest BCUT2D eigenvalue weighted by atomic mass is 79.9. The molecule has 1 aliphatic rings. The summed E-state index contributed by atoms with van der Waals surface area (Å²) in [5, 5.41) is 0.0112. The van der Waals surface area contributed by atoms with Gasteiger partial charge >= 0.3 is 0 Å². The molecule has 309 valence electrons. The summed E-state index contributed by atoms with van der Waals surface area (Å²) in [6.45, 7) is 8.67. The molecule has 10 aromatic rings. The number of aromatic nitrogens is 8. The molecule has 0 spiro atoms. The van der Waals surface area contributed by atoms with Crippen molar-refractivity contribution in [3.63, 3.8) is 0 Å². The first kappa shape index (κ1) is 41.3. The fourth-order valence-corrected chi connectivity index (χ4v) is 7.09. The molecule has 0 amide bonds. The first-order valence-electron chi connectivity index (χ1n) is 20.0. The largest absolute Gasteiger partial charge is 0.494 e. The number of methoxy groups -OCH3 is 1. The quantitative estimate of drug-likeness (QED) is 0.145. The first-order valence-corrected chi connectivity index (χ1v) is 20.8. The lowest BCUT2D eigenvalue weighted by Crippen LogP contribution is -2.36. The Balaban J connectivity index is 0.000000122. The maximum absolute atomic E-state index is 6.27. The van der Waals surface area contributed by atoms with Crippen molar-refractivity contribution in [3.05, 3.63) is 145 Å². The van der Waals surface area contributed by atoms with Gasteiger partial charge in [-0.2, -0.15) is 0 Å². The Kier molecular flexibility index (Phi) is 11.4. The molecule has 11 rings (SSSR count). The van der Waals surface area contributed by atoms with Gasteiger partial charge in [0.05, 0.1) is 36.2 Å². The number of fused-ring (bicyclic) bond motifs is 3. The summed E-state index contributed by atoms with van der Waals surface area (Å²) in [6.07, 6.45) is 13.7. The minimum atomic E-state index is -0.197. The molecule has 0 unspecified atom stereocenters. The van der Waals surface area contributed by atoms with Crippen LogP contribution in [0.4, 0.5) is 0 Å². The van der Waals surface area contributed by atoms with Crippen LogP contribution in [0.5, 0.6) is 5.75 Å². The number of halogens is 1. The fourth-order valence-electron chi connectivity index (χ4n) is 6.74. The molecule has 0 bridgehead atoms. The third-order valence-corrected chi connectivity index (χ3v) is 11.4. The van der Waals surface area contributed by atoms with E-state index >= 15 is 0 Å². The van der Waals surface area contributed by atoms with Crippen molar-refractivity contribution in [2.45, 2.75) is 38.6 Å². The molecule has 1 aliphatic heterocycles. The molecule has 8 heterocycles. The van der Waals surface area contributed by atoms with E-state index in [2.05, 4.69) is 103 Å². The molecule has 1 fully saturated rings. The van der Waals surface area contributed by atoms with Crippen LogP contribution in [-0.2, 0) is 4.65 Å². The van der Waals surface area contributed by atoms with E-state index in [0.29, 0.717) is 34.8 Å². The van der Waals surface area contributed by atoms with Crippen LogP contribution >= 0.6 is 15.9 Å². The van der Waals surface area contributed by atoms with E-state index in [1.807, 2.05) is 78.9 Å². The van der Waals surface area contributed by atoms with Gasteiger partial charge in [0.2, 0.25) is 17.7 Å². The molecule has 13 nitrogen and oxygen atoms in total. The highest BCUT2D eigenvalue weighted by Gasteiger charge is 2.50. The fraction of sp³-hybridized carbons (Fsp3) is 0.149. The predicted octanol–water partition coefficient (Wildman–Crippen LogP) is 10.3. The van der Waals surface area contributed by atoms with Crippen molar-refractivity contribution in [1.82, 2.24) is 39.9 Å². The topological polar surface area (TPSA) is 161 Å². The molecule has 16 heteroatoms. The molecule has 0 saturated carbocycles. The van der Waals surface area contributed by atoms with Gasteiger partial charge in [-0.3, -0.25) is 15.0 Å². The van der Waals surface area contributed by atoms with Gasteiger partial charge in [0.25, 0.3) is 6.81 Å². The number of oxazole rings is 3. The Morgan fingerprint density at radius 1 is 0.571 bits per heavy atom. The van der Waals surface area contributed by atoms with E-state index in [9.17, 15) is 0 Å². The van der Waals surface area contributed by atoms with Crippen molar-refractivity contribution < 1.29 is 22.6 Å². The Bertz CT molecular complexity index is 3130. The Hall–Kier alpha value is -7.03. The standard InChI is InChI=1S/C18H19B2N2O2.C17H12N4O2.C12H7BrN2O/c1-17(2)18(3,4)24-20(19-17)13-7-8-15-14(10-13)22-16(23-15)12-6-5-9-21-11-12;1-22-13-9-19-16(20-10-13)11-4-5-15-14(7-11)21-17(23-15)12-3-2-6-18-8-12;13-9-3-4-11-10(6-9)15-12(16-11)8-2-1-5-14-7-8/h5-11H,1-4H3;2-10H,1H3;1-7H. The third-order valence-electron chi connectivity index (χ3n) is 10.9. The second kappa shape index (κ2) is 17.4. The third kappa shape index (κ3) is 8.99. The Morgan fingerprint density at radius 3 is 1.54 bits per heavy atom. The lowest BCUT2D eigenvalue weighted by atomic mass is 9.23. The van der Waals surface area contributed by atoms with Crippen LogP contribution in [0.3, 0.4) is 0 Å². The zero-order chi connectivity index (χ0) is 43.6. The molecule has 0 atom stereocenters. The maximum atomic E-state index is 6.27. The Morgan fingerprint density at radius 2 is 1.06 bits per heavy atom. The second-order valence-corrected chi connectivity index (χ2v) is 16.6. The molecule has 0 N–H and O–H groups in total. The van der Waals surface area contributed by atoms with Crippen molar-refractivity contribution in [2.24, 2.45) is 0 Å². The van der Waals surface area contributed by atoms with Gasteiger partial charge in [-0.1, -0.05) is 41.3 Å². The summed E-state index contributed by atoms with van der Waals surface area (Å²) in [6, 6.07) is 28.9. The van der Waals surface area contributed by atoms with E-state index in [1.165, 1.54) is 0 Å². The van der Waals surface area contributed by atoms with E-state index in [-0.39, 0.29) is 17.7 Å². The van der Waals surface area contributed by atoms with E-state index in [4.69, 9.17) is 22.6 Å². The van der Waals surface area contributed by atoms with Gasteiger partial charge in [-0.25, -0.2) is 24.9 Å². The molecule has 0 aliphatic carbocycles. The number of ether oxygens (including phenoxy) is 1. The van der Waals surface area contributed by atoms with Crippen LogP contribution in [0.25, 0.3) is 79.0 Å². The molecular formula is C47H38B2BrN8O5. The lowest BCUT2D eigenvalue weighted by Gasteiger charge is -2.34. The zero-order valence-corrected chi connectivity index (χ0v) is 36.5. The molecular weight excluding hydrogens is 858 g/mol. The van der Waals surface area contributed by atoms with Gasteiger partial charge in [0, 0.05) is 52.8 Å². The minimum Gasteiger partial charge on any atom is -0.494 e. The van der Waals surface area contributed by atoms with E-state index in [1.54, 1.807) is 56.7 Å². The van der Waals surface area contributed by atoms with Crippen LogP contribution in [0.2, 0.25) is 5.31 Å². The number of hydrogen-bond donors (Lipinski definition) is 0. The number of rotatable bonds is 6. The van der Waals surface area contributed by atoms with Crippen molar-refractivity contribution in [2.75, 3.05) is 7.11 Å². The summed E-state index contributed by atoms with van der Waals surface area (Å²) in [5.41, 5.74) is 9.06. The molecule has 7 aromatic heterocycles. The van der Waals surface area contributed by atoms with Gasteiger partial charge in [0.15, 0.2) is 28.3 Å². The zero-order valence-electron chi connectivity index (χ0n) is 34.9. The van der Waals surface area contributed by atoms with Crippen molar-refractivity contribution in [3.8, 4) is 51.5 Å². The average Bonchev–Trinajstić information content (AvgIpc) is 4.10. The smallest absolute Gasteiger partial charge is 0.280 e. The van der Waals surface area contributed by atoms with Crippen LogP contribution in [-0.4, -0.2) is 66.6 Å². The summed E-state index contributed by atoms with van der Waals surface area (Å²) >= 11 is 3.40. The second-order valence-electron chi connectivity index (χ2n) is 15.7. The summed E-state index contributed by atoms with van der Waals surface area (Å²) < 4.78 is 29.6. The SMILES string of the molecule is Brc1ccc2oc(-c3cccnc3)nc2c1.CC1(C)[B]B(c2ccc3oc(-c4cccnc4)nc3c2)OC1(C)C.COc1cnc(-c2ccc3oc(-c4cccnc4)nc3c2)nc1. The molecule has 3 aromatic carbocycles. The minimum absolute atomic E-state index is 0.0112. The highest BCUT2D eigenvalue weighted by Crippen LogP contribution is 2.45. The lowest BCUT2D eigenvalue weighted by molar-refractivity contribution is 0.0881. The summed E-state index contributed by atoms with van der Waals surface area (Å²) in [5.74, 6) is 2.96. The summed E-state index contributed by atoms with van der Waals surface area (Å²) in [4.78, 5) is 34.3. The molecule has 1 saturated heterocycles. The molecule has 63 heavy (non-hydrogen) atoms. The number of nitrogens with zero attached hydrogens (tertiary/aromatic N) is 8. The monoisotopic (exact) mass is 895 g/mol. The van der Waals surface area contributed by atoms with Crippen molar-refractivity contribution >= 4 is 68.7 Å². The van der Waals surface area contributed by atoms with Gasteiger partial charge in [0.1, 0.15) is 23.7 Å². The Labute approximate surface area is 371 Å². The van der Waals surface area contributed by atoms with Crippen LogP contribution in [0.1, 0.15) is 27.7 Å². The van der Waals surface area contributed by atoms with E-state index in [0.717, 1.165) is 59.9 Å². The van der Waals surface area contributed by atoms with Crippen molar-refractivity contribution in [1.29, 1.82) is 0 Å². The number of benzene rings is 3. The highest BCUT2D eigenvalue weighted by molar-refractivity contribution is 9.10. The maximum Gasteiger partial charge on any atom is 0.280 e. The predicted molar refractivity (Wildman–Crippen MR) is 247 cm³/mol. The van der Waals surface area contributed by atoms with Gasteiger partial charge < -0.3 is 22.6 Å². The first-order chi connectivity index (χ1) is 30.5. The number of hydrogen-bond acceptors (Lipinski definition) is 13. The number of pyridine rings is 3. The average molecular weight is 896 g/mol. The summed E-state index contributed by atoms with van der Waals surface area (Å²) in [7, 11) is 3.86. The van der Waals surface area contributed by atoms with Crippen LogP contribution in [0.15, 0.2) is 158 Å². The molecule has 1 radical (unpaired) electrons. The van der Waals surface area contributed by atoms with Crippen LogP contribution < -0.4 is 10.2 Å².